The molecule has 4 nitrogen and oxygen atoms in total. The molecule has 1 heterocycles. The minimum atomic E-state index is 0.0486. The summed E-state index contributed by atoms with van der Waals surface area (Å²) in [4.78, 5) is 16.4. The maximum absolute atomic E-state index is 11.8. The number of benzene rings is 2. The highest BCUT2D eigenvalue weighted by atomic mass is 79.9. The van der Waals surface area contributed by atoms with Gasteiger partial charge in [0.25, 0.3) is 0 Å². The van der Waals surface area contributed by atoms with Gasteiger partial charge in [0.15, 0.2) is 5.58 Å². The second-order valence-electron chi connectivity index (χ2n) is 6.03. The smallest absolute Gasteiger partial charge is 0.227 e. The van der Waals surface area contributed by atoms with Crippen molar-refractivity contribution in [1.29, 1.82) is 0 Å². The predicted octanol–water partition coefficient (Wildman–Crippen LogP) is 5.95. The number of anilines is 1. The van der Waals surface area contributed by atoms with Crippen LogP contribution < -0.4 is 5.32 Å². The number of carbonyl (C=O) groups is 1. The number of unbranched alkanes of at least 4 members (excludes halogenated alkanes) is 1. The molecule has 0 atom stereocenters. The third kappa shape index (κ3) is 4.10. The van der Waals surface area contributed by atoms with Crippen LogP contribution in [0.15, 0.2) is 45.3 Å². The van der Waals surface area contributed by atoms with Gasteiger partial charge in [-0.15, -0.1) is 0 Å². The van der Waals surface area contributed by atoms with Gasteiger partial charge in [0, 0.05) is 17.7 Å². The van der Waals surface area contributed by atoms with Gasteiger partial charge in [0.1, 0.15) is 5.52 Å². The minimum absolute atomic E-state index is 0.0486. The van der Waals surface area contributed by atoms with Gasteiger partial charge in [0.05, 0.1) is 4.47 Å². The largest absolute Gasteiger partial charge is 0.435 e. The SMILES string of the molecule is CCCCC(=O)Nc1ccc(-c2nc3cc(CC)cc(Br)c3o2)cc1. The summed E-state index contributed by atoms with van der Waals surface area (Å²) >= 11 is 3.55. The van der Waals surface area contributed by atoms with E-state index in [1.807, 2.05) is 24.3 Å². The molecule has 0 radical (unpaired) electrons. The standard InChI is InChI=1S/C20H21BrN2O2/c1-3-5-6-18(24)22-15-9-7-14(8-10-15)20-23-17-12-13(4-2)11-16(21)19(17)25-20/h7-12H,3-6H2,1-2H3,(H,22,24). The number of amides is 1. The molecular weight excluding hydrogens is 380 g/mol. The maximum atomic E-state index is 11.8. The van der Waals surface area contributed by atoms with Gasteiger partial charge in [0.2, 0.25) is 11.8 Å². The molecule has 1 aromatic heterocycles. The Kier molecular flexibility index (Phi) is 5.53. The number of nitrogens with one attached hydrogen (secondary N) is 1. The van der Waals surface area contributed by atoms with Gasteiger partial charge < -0.3 is 9.73 Å². The number of aryl methyl sites for hydroxylation is 1. The molecule has 3 aromatic rings. The van der Waals surface area contributed by atoms with Crippen molar-refractivity contribution in [2.45, 2.75) is 39.5 Å². The number of rotatable bonds is 6. The number of oxazole rings is 1. The molecule has 3 rings (SSSR count). The highest BCUT2D eigenvalue weighted by Gasteiger charge is 2.12. The summed E-state index contributed by atoms with van der Waals surface area (Å²) in [6.07, 6.45) is 3.42. The second kappa shape index (κ2) is 7.83. The first-order valence-corrected chi connectivity index (χ1v) is 9.39. The van der Waals surface area contributed by atoms with E-state index in [1.54, 1.807) is 0 Å². The van der Waals surface area contributed by atoms with Crippen LogP contribution in [0.4, 0.5) is 5.69 Å². The van der Waals surface area contributed by atoms with Crippen molar-refractivity contribution in [3.63, 3.8) is 0 Å². The monoisotopic (exact) mass is 400 g/mol. The average molecular weight is 401 g/mol. The Morgan fingerprint density at radius 3 is 2.64 bits per heavy atom. The van der Waals surface area contributed by atoms with Crippen molar-refractivity contribution in [2.75, 3.05) is 5.32 Å². The fourth-order valence-electron chi connectivity index (χ4n) is 2.63. The van der Waals surface area contributed by atoms with Gasteiger partial charge in [-0.05, 0) is 70.7 Å². The molecule has 0 aliphatic rings. The van der Waals surface area contributed by atoms with Crippen molar-refractivity contribution >= 4 is 38.6 Å². The molecule has 1 N–H and O–H groups in total. The zero-order chi connectivity index (χ0) is 17.8. The number of carbonyl (C=O) groups excluding carboxylic acids is 1. The third-order valence-electron chi connectivity index (χ3n) is 4.09. The molecule has 0 unspecified atom stereocenters. The van der Waals surface area contributed by atoms with E-state index in [0.717, 1.165) is 46.1 Å². The Bertz CT molecular complexity index is 885. The van der Waals surface area contributed by atoms with Crippen LogP contribution in [0.5, 0.6) is 0 Å². The highest BCUT2D eigenvalue weighted by Crippen LogP contribution is 2.31. The van der Waals surface area contributed by atoms with Crippen molar-refractivity contribution in [2.24, 2.45) is 0 Å². The van der Waals surface area contributed by atoms with Crippen LogP contribution in [0.25, 0.3) is 22.6 Å². The molecular formula is C20H21BrN2O2. The van der Waals surface area contributed by atoms with Crippen LogP contribution in [0.1, 0.15) is 38.7 Å². The zero-order valence-corrected chi connectivity index (χ0v) is 16.0. The van der Waals surface area contributed by atoms with Crippen molar-refractivity contribution in [3.05, 3.63) is 46.4 Å². The fraction of sp³-hybridized carbons (Fsp3) is 0.300. The van der Waals surface area contributed by atoms with Crippen LogP contribution in [0.3, 0.4) is 0 Å². The van der Waals surface area contributed by atoms with E-state index >= 15 is 0 Å². The average Bonchev–Trinajstić information content (AvgIpc) is 3.05. The molecule has 1 amide bonds. The molecule has 5 heteroatoms. The Labute approximate surface area is 155 Å². The number of nitrogens with zero attached hydrogens (tertiary/aromatic N) is 1. The quantitative estimate of drug-likeness (QED) is 0.556. The van der Waals surface area contributed by atoms with E-state index in [-0.39, 0.29) is 5.91 Å². The molecule has 0 aliphatic heterocycles. The molecule has 0 fully saturated rings. The van der Waals surface area contributed by atoms with E-state index in [0.29, 0.717) is 12.3 Å². The highest BCUT2D eigenvalue weighted by molar-refractivity contribution is 9.10. The summed E-state index contributed by atoms with van der Waals surface area (Å²) in [5, 5.41) is 2.91. The molecule has 0 saturated heterocycles. The number of fused-ring (bicyclic) bond motifs is 1. The zero-order valence-electron chi connectivity index (χ0n) is 14.4. The molecule has 2 aromatic carbocycles. The topological polar surface area (TPSA) is 55.1 Å². The first-order valence-electron chi connectivity index (χ1n) is 8.60. The normalized spacial score (nSPS) is 11.0. The van der Waals surface area contributed by atoms with Crippen LogP contribution in [0, 0.1) is 0 Å². The van der Waals surface area contributed by atoms with Gasteiger partial charge in [-0.2, -0.15) is 0 Å². The molecule has 0 aliphatic carbocycles. The minimum Gasteiger partial charge on any atom is -0.435 e. The first-order chi connectivity index (χ1) is 12.1. The van der Waals surface area contributed by atoms with Crippen molar-refractivity contribution in [1.82, 2.24) is 4.98 Å². The van der Waals surface area contributed by atoms with Crippen molar-refractivity contribution in [3.8, 4) is 11.5 Å². The number of hydrogen-bond acceptors (Lipinski definition) is 3. The first kappa shape index (κ1) is 17.7. The van der Waals surface area contributed by atoms with Crippen LogP contribution >= 0.6 is 15.9 Å². The van der Waals surface area contributed by atoms with Crippen LogP contribution in [-0.2, 0) is 11.2 Å². The van der Waals surface area contributed by atoms with E-state index in [4.69, 9.17) is 4.42 Å². The lowest BCUT2D eigenvalue weighted by atomic mass is 10.1. The van der Waals surface area contributed by atoms with Crippen LogP contribution in [0.2, 0.25) is 0 Å². The molecule has 0 saturated carbocycles. The van der Waals surface area contributed by atoms with E-state index in [1.165, 1.54) is 5.56 Å². The summed E-state index contributed by atoms with van der Waals surface area (Å²) in [5.41, 5.74) is 4.48. The summed E-state index contributed by atoms with van der Waals surface area (Å²) < 4.78 is 6.83. The van der Waals surface area contributed by atoms with E-state index in [2.05, 4.69) is 52.2 Å². The van der Waals surface area contributed by atoms with Crippen molar-refractivity contribution < 1.29 is 9.21 Å². The van der Waals surface area contributed by atoms with Gasteiger partial charge >= 0.3 is 0 Å². The molecule has 0 bridgehead atoms. The Balaban J connectivity index is 1.81. The summed E-state index contributed by atoms with van der Waals surface area (Å²) in [6, 6.07) is 11.7. The predicted molar refractivity (Wildman–Crippen MR) is 105 cm³/mol. The number of hydrogen-bond donors (Lipinski definition) is 1. The fourth-order valence-corrected chi connectivity index (χ4v) is 3.21. The number of aromatic nitrogens is 1. The molecule has 130 valence electrons. The Morgan fingerprint density at radius 2 is 1.96 bits per heavy atom. The number of halogens is 1. The second-order valence-corrected chi connectivity index (χ2v) is 6.88. The Morgan fingerprint density at radius 1 is 1.20 bits per heavy atom. The summed E-state index contributed by atoms with van der Waals surface area (Å²) in [5.74, 6) is 0.625. The lowest BCUT2D eigenvalue weighted by Gasteiger charge is -2.05. The van der Waals surface area contributed by atoms with Gasteiger partial charge in [-0.25, -0.2) is 4.98 Å². The third-order valence-corrected chi connectivity index (χ3v) is 4.67. The summed E-state index contributed by atoms with van der Waals surface area (Å²) in [7, 11) is 0. The molecule has 0 spiro atoms. The van der Waals surface area contributed by atoms with Gasteiger partial charge in [-0.1, -0.05) is 20.3 Å². The van der Waals surface area contributed by atoms with E-state index < -0.39 is 0 Å². The van der Waals surface area contributed by atoms with Gasteiger partial charge in [-0.3, -0.25) is 4.79 Å². The lowest BCUT2D eigenvalue weighted by molar-refractivity contribution is -0.116. The lowest BCUT2D eigenvalue weighted by Crippen LogP contribution is -2.10. The summed E-state index contributed by atoms with van der Waals surface area (Å²) in [6.45, 7) is 4.19. The Hall–Kier alpha value is -2.14. The van der Waals surface area contributed by atoms with Crippen LogP contribution in [-0.4, -0.2) is 10.9 Å². The van der Waals surface area contributed by atoms with E-state index in [9.17, 15) is 4.79 Å². The molecule has 25 heavy (non-hydrogen) atoms. The maximum Gasteiger partial charge on any atom is 0.227 e.